The molecule has 4 heteroatoms. The minimum atomic E-state index is 0.114. The van der Waals surface area contributed by atoms with Crippen molar-refractivity contribution in [3.63, 3.8) is 0 Å². The quantitative estimate of drug-likeness (QED) is 0.844. The zero-order valence-corrected chi connectivity index (χ0v) is 11.9. The summed E-state index contributed by atoms with van der Waals surface area (Å²) in [6, 6.07) is 8.80. The van der Waals surface area contributed by atoms with Gasteiger partial charge in [0.1, 0.15) is 6.54 Å². The number of nitrogens with one attached hydrogen (secondary N) is 2. The van der Waals surface area contributed by atoms with Gasteiger partial charge in [-0.3, -0.25) is 4.79 Å². The van der Waals surface area contributed by atoms with Gasteiger partial charge >= 0.3 is 0 Å². The van der Waals surface area contributed by atoms with E-state index >= 15 is 0 Å². The normalized spacial score (nSPS) is 14.7. The molecule has 1 saturated carbocycles. The van der Waals surface area contributed by atoms with E-state index in [1.165, 1.54) is 16.5 Å². The van der Waals surface area contributed by atoms with Crippen molar-refractivity contribution in [1.29, 1.82) is 0 Å². The second kappa shape index (κ2) is 5.67. The summed E-state index contributed by atoms with van der Waals surface area (Å²) in [4.78, 5) is 12.0. The van der Waals surface area contributed by atoms with Crippen LogP contribution in [0.1, 0.15) is 25.3 Å². The highest BCUT2D eigenvalue weighted by molar-refractivity contribution is 5.85. The summed E-state index contributed by atoms with van der Waals surface area (Å²) < 4.78 is 2.06. The van der Waals surface area contributed by atoms with Crippen LogP contribution in [0.4, 0.5) is 0 Å². The Balaban J connectivity index is 1.83. The fourth-order valence-electron chi connectivity index (χ4n) is 2.53. The van der Waals surface area contributed by atoms with Crippen LogP contribution in [0.2, 0.25) is 0 Å². The lowest BCUT2D eigenvalue weighted by Gasteiger charge is -2.10. The predicted octanol–water partition coefficient (Wildman–Crippen LogP) is 2.03. The zero-order chi connectivity index (χ0) is 13.9. The van der Waals surface area contributed by atoms with Gasteiger partial charge in [0.25, 0.3) is 0 Å². The lowest BCUT2D eigenvalue weighted by atomic mass is 10.1. The minimum absolute atomic E-state index is 0.114. The van der Waals surface area contributed by atoms with E-state index in [2.05, 4.69) is 46.4 Å². The van der Waals surface area contributed by atoms with Crippen LogP contribution < -0.4 is 10.6 Å². The fraction of sp³-hybridized carbons (Fsp3) is 0.438. The monoisotopic (exact) mass is 271 g/mol. The predicted molar refractivity (Wildman–Crippen MR) is 80.5 cm³/mol. The molecule has 1 aliphatic rings. The molecule has 1 heterocycles. The van der Waals surface area contributed by atoms with Crippen molar-refractivity contribution in [3.8, 4) is 0 Å². The SMILES string of the molecule is CCNCc1cccc2ccn(CC(=O)NC3CC3)c12. The molecule has 0 bridgehead atoms. The molecular formula is C16H21N3O. The second-order valence-electron chi connectivity index (χ2n) is 5.42. The van der Waals surface area contributed by atoms with Crippen LogP contribution in [0.15, 0.2) is 30.5 Å². The van der Waals surface area contributed by atoms with Crippen molar-refractivity contribution in [2.45, 2.75) is 38.9 Å². The van der Waals surface area contributed by atoms with Crippen molar-refractivity contribution in [3.05, 3.63) is 36.0 Å². The first-order valence-corrected chi connectivity index (χ1v) is 7.34. The maximum absolute atomic E-state index is 12.0. The third-order valence-corrected chi connectivity index (χ3v) is 3.69. The fourth-order valence-corrected chi connectivity index (χ4v) is 2.53. The van der Waals surface area contributed by atoms with Crippen LogP contribution in [0, 0.1) is 0 Å². The molecule has 1 aromatic heterocycles. The Morgan fingerprint density at radius 2 is 2.20 bits per heavy atom. The topological polar surface area (TPSA) is 46.1 Å². The van der Waals surface area contributed by atoms with Gasteiger partial charge in [-0.2, -0.15) is 0 Å². The summed E-state index contributed by atoms with van der Waals surface area (Å²) in [5, 5.41) is 7.59. The van der Waals surface area contributed by atoms with E-state index in [4.69, 9.17) is 0 Å². The van der Waals surface area contributed by atoms with Crippen molar-refractivity contribution >= 4 is 16.8 Å². The van der Waals surface area contributed by atoms with Gasteiger partial charge in [-0.05, 0) is 36.4 Å². The van der Waals surface area contributed by atoms with Gasteiger partial charge in [-0.1, -0.05) is 25.1 Å². The summed E-state index contributed by atoms with van der Waals surface area (Å²) in [6.07, 6.45) is 4.26. The summed E-state index contributed by atoms with van der Waals surface area (Å²) >= 11 is 0. The zero-order valence-electron chi connectivity index (χ0n) is 11.9. The number of carbonyl (C=O) groups is 1. The average molecular weight is 271 g/mol. The lowest BCUT2D eigenvalue weighted by molar-refractivity contribution is -0.121. The molecule has 4 nitrogen and oxygen atoms in total. The maximum Gasteiger partial charge on any atom is 0.240 e. The van der Waals surface area contributed by atoms with Crippen molar-refractivity contribution < 1.29 is 4.79 Å². The third kappa shape index (κ3) is 2.85. The van der Waals surface area contributed by atoms with E-state index in [0.29, 0.717) is 12.6 Å². The molecule has 20 heavy (non-hydrogen) atoms. The Morgan fingerprint density at radius 1 is 1.35 bits per heavy atom. The maximum atomic E-state index is 12.0. The van der Waals surface area contributed by atoms with E-state index in [1.807, 2.05) is 6.20 Å². The number of fused-ring (bicyclic) bond motifs is 1. The van der Waals surface area contributed by atoms with Gasteiger partial charge in [0.15, 0.2) is 0 Å². The standard InChI is InChI=1S/C16H21N3O/c1-2-17-10-13-5-3-4-12-8-9-19(16(12)13)11-15(20)18-14-6-7-14/h3-5,8-9,14,17H,2,6-7,10-11H2,1H3,(H,18,20). The van der Waals surface area contributed by atoms with Crippen LogP contribution in [-0.2, 0) is 17.9 Å². The Bertz CT molecular complexity index is 613. The number of hydrogen-bond donors (Lipinski definition) is 2. The largest absolute Gasteiger partial charge is 0.352 e. The van der Waals surface area contributed by atoms with Gasteiger partial charge in [0, 0.05) is 18.8 Å². The van der Waals surface area contributed by atoms with E-state index in [1.54, 1.807) is 0 Å². The first-order valence-electron chi connectivity index (χ1n) is 7.34. The number of rotatable bonds is 6. The smallest absolute Gasteiger partial charge is 0.240 e. The van der Waals surface area contributed by atoms with Gasteiger partial charge in [-0.15, -0.1) is 0 Å². The van der Waals surface area contributed by atoms with Crippen molar-refractivity contribution in [1.82, 2.24) is 15.2 Å². The molecule has 1 aliphatic carbocycles. The van der Waals surface area contributed by atoms with E-state index in [-0.39, 0.29) is 5.91 Å². The number of hydrogen-bond acceptors (Lipinski definition) is 2. The van der Waals surface area contributed by atoms with Gasteiger partial charge in [-0.25, -0.2) is 0 Å². The molecule has 0 radical (unpaired) electrons. The first kappa shape index (κ1) is 13.2. The first-order chi connectivity index (χ1) is 9.78. The molecule has 2 aromatic rings. The minimum Gasteiger partial charge on any atom is -0.352 e. The Kier molecular flexibility index (Phi) is 3.74. The molecule has 1 aromatic carbocycles. The Labute approximate surface area is 119 Å². The number of nitrogens with zero attached hydrogens (tertiary/aromatic N) is 1. The molecule has 1 fully saturated rings. The molecule has 1 amide bonds. The number of carbonyl (C=O) groups excluding carboxylic acids is 1. The molecule has 0 atom stereocenters. The Hall–Kier alpha value is -1.81. The van der Waals surface area contributed by atoms with Crippen molar-refractivity contribution in [2.75, 3.05) is 6.54 Å². The van der Waals surface area contributed by atoms with Gasteiger partial charge in [0.05, 0.1) is 5.52 Å². The Morgan fingerprint density at radius 3 is 2.95 bits per heavy atom. The van der Waals surface area contributed by atoms with E-state index in [0.717, 1.165) is 25.9 Å². The molecule has 106 valence electrons. The highest BCUT2D eigenvalue weighted by atomic mass is 16.2. The van der Waals surface area contributed by atoms with Crippen LogP contribution in [0.3, 0.4) is 0 Å². The average Bonchev–Trinajstić information content (AvgIpc) is 3.16. The molecule has 2 N–H and O–H groups in total. The molecule has 3 rings (SSSR count). The number of para-hydroxylation sites is 1. The summed E-state index contributed by atoms with van der Waals surface area (Å²) in [5.74, 6) is 0.114. The van der Waals surface area contributed by atoms with E-state index < -0.39 is 0 Å². The number of amides is 1. The highest BCUT2D eigenvalue weighted by Gasteiger charge is 2.23. The summed E-state index contributed by atoms with van der Waals surface area (Å²) in [5.41, 5.74) is 2.41. The highest BCUT2D eigenvalue weighted by Crippen LogP contribution is 2.21. The second-order valence-corrected chi connectivity index (χ2v) is 5.42. The molecule has 0 aliphatic heterocycles. The van der Waals surface area contributed by atoms with E-state index in [9.17, 15) is 4.79 Å². The molecular weight excluding hydrogens is 250 g/mol. The lowest BCUT2D eigenvalue weighted by Crippen LogP contribution is -2.29. The van der Waals surface area contributed by atoms with Gasteiger partial charge < -0.3 is 15.2 Å². The van der Waals surface area contributed by atoms with Crippen LogP contribution in [0.5, 0.6) is 0 Å². The number of benzene rings is 1. The molecule has 0 spiro atoms. The summed E-state index contributed by atoms with van der Waals surface area (Å²) in [6.45, 7) is 4.28. The van der Waals surface area contributed by atoms with Crippen LogP contribution >= 0.6 is 0 Å². The van der Waals surface area contributed by atoms with Gasteiger partial charge in [0.2, 0.25) is 5.91 Å². The molecule has 0 unspecified atom stereocenters. The number of aromatic nitrogens is 1. The van der Waals surface area contributed by atoms with Crippen LogP contribution in [-0.4, -0.2) is 23.1 Å². The molecule has 0 saturated heterocycles. The van der Waals surface area contributed by atoms with Crippen molar-refractivity contribution in [2.24, 2.45) is 0 Å². The third-order valence-electron chi connectivity index (χ3n) is 3.69. The summed E-state index contributed by atoms with van der Waals surface area (Å²) in [7, 11) is 0. The van der Waals surface area contributed by atoms with Crippen LogP contribution in [0.25, 0.3) is 10.9 Å².